The summed E-state index contributed by atoms with van der Waals surface area (Å²) in [5, 5.41) is 3.31. The number of halogens is 1. The topological polar surface area (TPSA) is 58.6 Å². The third-order valence-electron chi connectivity index (χ3n) is 2.58. The van der Waals surface area contributed by atoms with Crippen molar-refractivity contribution in [3.63, 3.8) is 0 Å². The van der Waals surface area contributed by atoms with Gasteiger partial charge in [-0.1, -0.05) is 11.6 Å². The van der Waals surface area contributed by atoms with Crippen LogP contribution < -0.4 is 5.32 Å². The Morgan fingerprint density at radius 2 is 1.90 bits per heavy atom. The number of carbonyl (C=O) groups is 2. The number of rotatable bonds is 5. The summed E-state index contributed by atoms with van der Waals surface area (Å²) in [6, 6.07) is 6.29. The van der Waals surface area contributed by atoms with Gasteiger partial charge >= 0.3 is 12.0 Å². The number of anilines is 1. The van der Waals surface area contributed by atoms with E-state index in [-0.39, 0.29) is 18.6 Å². The second kappa shape index (κ2) is 7.75. The molecule has 0 heterocycles. The summed E-state index contributed by atoms with van der Waals surface area (Å²) in [5.41, 5.74) is 0.619. The van der Waals surface area contributed by atoms with Crippen molar-refractivity contribution in [2.45, 2.75) is 26.8 Å². The Balaban J connectivity index is 2.69. The van der Waals surface area contributed by atoms with Crippen LogP contribution in [0.1, 0.15) is 20.8 Å². The van der Waals surface area contributed by atoms with Crippen molar-refractivity contribution in [3.8, 4) is 0 Å². The number of benzene rings is 1. The molecule has 2 amide bonds. The highest BCUT2D eigenvalue weighted by molar-refractivity contribution is 6.30. The molecule has 0 atom stereocenters. The van der Waals surface area contributed by atoms with Crippen molar-refractivity contribution in [2.24, 2.45) is 0 Å². The zero-order chi connectivity index (χ0) is 15.1. The molecule has 1 aromatic carbocycles. The molecule has 0 bridgehead atoms. The highest BCUT2D eigenvalue weighted by Gasteiger charge is 2.20. The maximum Gasteiger partial charge on any atom is 0.325 e. The van der Waals surface area contributed by atoms with Crippen LogP contribution in [-0.4, -0.2) is 36.1 Å². The number of hydrogen-bond donors (Lipinski definition) is 1. The zero-order valence-electron chi connectivity index (χ0n) is 11.9. The standard InChI is InChI=1S/C14H19ClN2O3/c1-4-20-13(18)9-17(10(2)3)14(19)16-12-7-5-11(15)6-8-12/h5-8,10H,4,9H2,1-3H3,(H,16,19). The lowest BCUT2D eigenvalue weighted by Gasteiger charge is -2.25. The first-order chi connectivity index (χ1) is 9.43. The molecule has 110 valence electrons. The van der Waals surface area contributed by atoms with Gasteiger partial charge in [0, 0.05) is 16.8 Å². The molecular weight excluding hydrogens is 280 g/mol. The molecule has 1 N–H and O–H groups in total. The fourth-order valence-corrected chi connectivity index (χ4v) is 1.69. The second-order valence-electron chi connectivity index (χ2n) is 4.46. The Hall–Kier alpha value is -1.75. The normalized spacial score (nSPS) is 10.2. The van der Waals surface area contributed by atoms with Crippen molar-refractivity contribution >= 4 is 29.3 Å². The third kappa shape index (κ3) is 5.09. The summed E-state index contributed by atoms with van der Waals surface area (Å²) < 4.78 is 4.86. The van der Waals surface area contributed by atoms with E-state index in [1.165, 1.54) is 4.90 Å². The van der Waals surface area contributed by atoms with E-state index in [4.69, 9.17) is 16.3 Å². The second-order valence-corrected chi connectivity index (χ2v) is 4.90. The Kier molecular flexibility index (Phi) is 6.31. The van der Waals surface area contributed by atoms with E-state index in [2.05, 4.69) is 5.32 Å². The lowest BCUT2D eigenvalue weighted by atomic mass is 10.3. The van der Waals surface area contributed by atoms with Gasteiger partial charge in [0.05, 0.1) is 6.61 Å². The van der Waals surface area contributed by atoms with E-state index in [0.29, 0.717) is 17.3 Å². The van der Waals surface area contributed by atoms with Gasteiger partial charge in [0.25, 0.3) is 0 Å². The van der Waals surface area contributed by atoms with Crippen molar-refractivity contribution in [2.75, 3.05) is 18.5 Å². The lowest BCUT2D eigenvalue weighted by Crippen LogP contribution is -2.43. The van der Waals surface area contributed by atoms with Crippen molar-refractivity contribution in [3.05, 3.63) is 29.3 Å². The first-order valence-electron chi connectivity index (χ1n) is 6.42. The van der Waals surface area contributed by atoms with Crippen LogP contribution in [0, 0.1) is 0 Å². The number of ether oxygens (including phenoxy) is 1. The first kappa shape index (κ1) is 16.3. The molecule has 0 spiro atoms. The van der Waals surface area contributed by atoms with Crippen LogP contribution in [0.15, 0.2) is 24.3 Å². The van der Waals surface area contributed by atoms with E-state index in [9.17, 15) is 9.59 Å². The van der Waals surface area contributed by atoms with Gasteiger partial charge in [-0.2, -0.15) is 0 Å². The number of urea groups is 1. The lowest BCUT2D eigenvalue weighted by molar-refractivity contribution is -0.144. The van der Waals surface area contributed by atoms with E-state index >= 15 is 0 Å². The van der Waals surface area contributed by atoms with Gasteiger partial charge in [0.2, 0.25) is 0 Å². The molecule has 6 heteroatoms. The quantitative estimate of drug-likeness (QED) is 0.850. The summed E-state index contributed by atoms with van der Waals surface area (Å²) in [5.74, 6) is -0.424. The highest BCUT2D eigenvalue weighted by Crippen LogP contribution is 2.14. The van der Waals surface area contributed by atoms with E-state index < -0.39 is 5.97 Å². The molecule has 0 fully saturated rings. The fourth-order valence-electron chi connectivity index (χ4n) is 1.56. The van der Waals surface area contributed by atoms with Gasteiger partial charge in [-0.15, -0.1) is 0 Å². The minimum atomic E-state index is -0.424. The zero-order valence-corrected chi connectivity index (χ0v) is 12.6. The fraction of sp³-hybridized carbons (Fsp3) is 0.429. The molecule has 20 heavy (non-hydrogen) atoms. The van der Waals surface area contributed by atoms with Crippen molar-refractivity contribution in [1.29, 1.82) is 0 Å². The minimum Gasteiger partial charge on any atom is -0.465 e. The number of hydrogen-bond acceptors (Lipinski definition) is 3. The predicted molar refractivity (Wildman–Crippen MR) is 78.9 cm³/mol. The number of nitrogens with zero attached hydrogens (tertiary/aromatic N) is 1. The molecule has 0 unspecified atom stereocenters. The van der Waals surface area contributed by atoms with Crippen LogP contribution in [-0.2, 0) is 9.53 Å². The molecule has 5 nitrogen and oxygen atoms in total. The van der Waals surface area contributed by atoms with Crippen molar-refractivity contribution in [1.82, 2.24) is 4.90 Å². The first-order valence-corrected chi connectivity index (χ1v) is 6.80. The van der Waals surface area contributed by atoms with Gasteiger partial charge in [0.15, 0.2) is 0 Å². The molecule has 0 aromatic heterocycles. The molecule has 0 aliphatic heterocycles. The Morgan fingerprint density at radius 1 is 1.30 bits per heavy atom. The average Bonchev–Trinajstić information content (AvgIpc) is 2.38. The summed E-state index contributed by atoms with van der Waals surface area (Å²) in [7, 11) is 0. The van der Waals surface area contributed by atoms with E-state index in [1.54, 1.807) is 31.2 Å². The average molecular weight is 299 g/mol. The largest absolute Gasteiger partial charge is 0.465 e. The maximum atomic E-state index is 12.2. The van der Waals surface area contributed by atoms with Gasteiger partial charge in [-0.05, 0) is 45.0 Å². The number of esters is 1. The SMILES string of the molecule is CCOC(=O)CN(C(=O)Nc1ccc(Cl)cc1)C(C)C. The molecular formula is C14H19ClN2O3. The minimum absolute atomic E-state index is 0.0784. The van der Waals surface area contributed by atoms with Crippen LogP contribution in [0.25, 0.3) is 0 Å². The van der Waals surface area contributed by atoms with Gasteiger partial charge in [-0.25, -0.2) is 4.79 Å². The Morgan fingerprint density at radius 3 is 2.40 bits per heavy atom. The molecule has 0 radical (unpaired) electrons. The molecule has 0 aliphatic rings. The van der Waals surface area contributed by atoms with Crippen LogP contribution in [0.4, 0.5) is 10.5 Å². The van der Waals surface area contributed by atoms with E-state index in [0.717, 1.165) is 0 Å². The maximum absolute atomic E-state index is 12.2. The van der Waals surface area contributed by atoms with Crippen LogP contribution in [0.2, 0.25) is 5.02 Å². The predicted octanol–water partition coefficient (Wildman–Crippen LogP) is 3.15. The summed E-state index contributed by atoms with van der Waals surface area (Å²) >= 11 is 5.78. The molecule has 1 aromatic rings. The number of carbonyl (C=O) groups excluding carboxylic acids is 2. The smallest absolute Gasteiger partial charge is 0.325 e. The summed E-state index contributed by atoms with van der Waals surface area (Å²) in [6.45, 7) is 5.61. The highest BCUT2D eigenvalue weighted by atomic mass is 35.5. The Bertz CT molecular complexity index is 460. The summed E-state index contributed by atoms with van der Waals surface area (Å²) in [4.78, 5) is 25.1. The van der Waals surface area contributed by atoms with Crippen LogP contribution in [0.3, 0.4) is 0 Å². The van der Waals surface area contributed by atoms with Crippen LogP contribution in [0.5, 0.6) is 0 Å². The van der Waals surface area contributed by atoms with Crippen molar-refractivity contribution < 1.29 is 14.3 Å². The monoisotopic (exact) mass is 298 g/mol. The molecule has 0 aliphatic carbocycles. The molecule has 1 rings (SSSR count). The van der Waals surface area contributed by atoms with E-state index in [1.807, 2.05) is 13.8 Å². The number of nitrogens with one attached hydrogen (secondary N) is 1. The number of amides is 2. The van der Waals surface area contributed by atoms with Gasteiger partial charge in [0.1, 0.15) is 6.54 Å². The molecule has 0 saturated heterocycles. The third-order valence-corrected chi connectivity index (χ3v) is 2.84. The summed E-state index contributed by atoms with van der Waals surface area (Å²) in [6.07, 6.45) is 0. The van der Waals surface area contributed by atoms with Crippen LogP contribution >= 0.6 is 11.6 Å². The molecule has 0 saturated carbocycles. The Labute approximate surface area is 123 Å². The van der Waals surface area contributed by atoms with Gasteiger partial charge < -0.3 is 15.0 Å². The van der Waals surface area contributed by atoms with Gasteiger partial charge in [-0.3, -0.25) is 4.79 Å².